The Morgan fingerprint density at radius 3 is 2.65 bits per heavy atom. The van der Waals surface area contributed by atoms with Crippen molar-refractivity contribution >= 4 is 41.3 Å². The van der Waals surface area contributed by atoms with Gasteiger partial charge >= 0.3 is 0 Å². The van der Waals surface area contributed by atoms with Crippen LogP contribution in [0.5, 0.6) is 0 Å². The molecular formula is C23H41IN4O2S. The molecule has 3 heterocycles. The lowest BCUT2D eigenvalue weighted by atomic mass is 10.1. The minimum absolute atomic E-state index is 0. The van der Waals surface area contributed by atoms with Crippen molar-refractivity contribution in [2.75, 3.05) is 53.0 Å². The molecule has 6 nitrogen and oxygen atoms in total. The number of likely N-dealkylation sites (tertiary alicyclic amines) is 1. The van der Waals surface area contributed by atoms with Crippen LogP contribution in [-0.2, 0) is 9.47 Å². The third-order valence-corrected chi connectivity index (χ3v) is 7.08. The molecule has 2 fully saturated rings. The predicted octanol–water partition coefficient (Wildman–Crippen LogP) is 4.37. The van der Waals surface area contributed by atoms with Crippen LogP contribution < -0.4 is 5.32 Å². The molecule has 2 aliphatic rings. The van der Waals surface area contributed by atoms with Crippen molar-refractivity contribution in [2.45, 2.75) is 64.2 Å². The summed E-state index contributed by atoms with van der Waals surface area (Å²) < 4.78 is 12.0. The molecule has 2 unspecified atom stereocenters. The fourth-order valence-corrected chi connectivity index (χ4v) is 5.23. The van der Waals surface area contributed by atoms with Gasteiger partial charge in [-0.2, -0.15) is 11.3 Å². The Kier molecular flexibility index (Phi) is 12.7. The molecule has 1 N–H and O–H groups in total. The molecule has 1 aromatic rings. The van der Waals surface area contributed by atoms with E-state index in [2.05, 4.69) is 50.8 Å². The fraction of sp³-hybridized carbons (Fsp3) is 0.783. The molecule has 2 aliphatic heterocycles. The van der Waals surface area contributed by atoms with E-state index in [4.69, 9.17) is 9.47 Å². The number of aliphatic imine (C=N–C) groups is 1. The van der Waals surface area contributed by atoms with Gasteiger partial charge in [0.2, 0.25) is 0 Å². The lowest BCUT2D eigenvalue weighted by Gasteiger charge is -2.36. The molecule has 0 amide bonds. The Morgan fingerprint density at radius 1 is 1.29 bits per heavy atom. The second-order valence-electron chi connectivity index (χ2n) is 8.23. The minimum atomic E-state index is 0. The van der Waals surface area contributed by atoms with E-state index in [1.54, 1.807) is 11.3 Å². The quantitative estimate of drug-likeness (QED) is 0.274. The molecule has 178 valence electrons. The van der Waals surface area contributed by atoms with Crippen LogP contribution in [0.25, 0.3) is 0 Å². The van der Waals surface area contributed by atoms with E-state index in [1.807, 2.05) is 7.05 Å². The number of piperidine rings is 1. The van der Waals surface area contributed by atoms with Gasteiger partial charge in [-0.3, -0.25) is 9.89 Å². The molecule has 0 aromatic carbocycles. The number of likely N-dealkylation sites (N-methyl/N-ethyl adjacent to an activating group) is 1. The van der Waals surface area contributed by atoms with E-state index in [0.29, 0.717) is 18.2 Å². The topological polar surface area (TPSA) is 49.3 Å². The smallest absolute Gasteiger partial charge is 0.193 e. The highest BCUT2D eigenvalue weighted by Gasteiger charge is 2.25. The molecule has 0 bridgehead atoms. The monoisotopic (exact) mass is 564 g/mol. The highest BCUT2D eigenvalue weighted by atomic mass is 127. The van der Waals surface area contributed by atoms with Crippen LogP contribution in [-0.4, -0.2) is 81.0 Å². The molecule has 8 heteroatoms. The average Bonchev–Trinajstić information content (AvgIpc) is 3.33. The first-order chi connectivity index (χ1) is 14.7. The van der Waals surface area contributed by atoms with Gasteiger partial charge < -0.3 is 19.7 Å². The Morgan fingerprint density at radius 2 is 2.06 bits per heavy atom. The number of rotatable bonds is 9. The van der Waals surface area contributed by atoms with Crippen LogP contribution in [0, 0.1) is 0 Å². The van der Waals surface area contributed by atoms with Crippen LogP contribution in [0.1, 0.15) is 57.6 Å². The third-order valence-electron chi connectivity index (χ3n) is 6.38. The first-order valence-corrected chi connectivity index (χ1v) is 12.6. The zero-order valence-electron chi connectivity index (χ0n) is 19.4. The van der Waals surface area contributed by atoms with Crippen LogP contribution >= 0.6 is 35.3 Å². The highest BCUT2D eigenvalue weighted by molar-refractivity contribution is 14.0. The lowest BCUT2D eigenvalue weighted by molar-refractivity contribution is -0.0721. The van der Waals surface area contributed by atoms with E-state index in [9.17, 15) is 0 Å². The third kappa shape index (κ3) is 8.14. The summed E-state index contributed by atoms with van der Waals surface area (Å²) in [6, 6.07) is 2.62. The zero-order valence-corrected chi connectivity index (χ0v) is 22.6. The number of thiophene rings is 1. The van der Waals surface area contributed by atoms with Crippen LogP contribution in [0.3, 0.4) is 0 Å². The molecule has 1 aromatic heterocycles. The van der Waals surface area contributed by atoms with Gasteiger partial charge in [0.25, 0.3) is 0 Å². The van der Waals surface area contributed by atoms with Gasteiger partial charge in [-0.25, -0.2) is 0 Å². The van der Waals surface area contributed by atoms with Gasteiger partial charge in [0.1, 0.15) is 0 Å². The van der Waals surface area contributed by atoms with Gasteiger partial charge in [-0.05, 0) is 67.6 Å². The molecular weight excluding hydrogens is 523 g/mol. The van der Waals surface area contributed by atoms with E-state index < -0.39 is 0 Å². The van der Waals surface area contributed by atoms with E-state index >= 15 is 0 Å². The number of hydrogen-bond donors (Lipinski definition) is 1. The zero-order chi connectivity index (χ0) is 21.2. The molecule has 0 spiro atoms. The molecule has 2 saturated heterocycles. The summed E-state index contributed by atoms with van der Waals surface area (Å²) in [4.78, 5) is 9.46. The van der Waals surface area contributed by atoms with E-state index in [-0.39, 0.29) is 24.0 Å². The van der Waals surface area contributed by atoms with Gasteiger partial charge in [-0.15, -0.1) is 24.0 Å². The molecule has 0 radical (unpaired) electrons. The summed E-state index contributed by atoms with van der Waals surface area (Å²) >= 11 is 1.77. The number of guanidine groups is 1. The summed E-state index contributed by atoms with van der Waals surface area (Å²) in [5, 5.41) is 8.09. The molecule has 0 aliphatic carbocycles. The van der Waals surface area contributed by atoms with Crippen molar-refractivity contribution in [2.24, 2.45) is 4.99 Å². The van der Waals surface area contributed by atoms with Crippen molar-refractivity contribution in [3.63, 3.8) is 0 Å². The molecule has 0 saturated carbocycles. The van der Waals surface area contributed by atoms with Gasteiger partial charge in [0, 0.05) is 33.3 Å². The largest absolute Gasteiger partial charge is 0.376 e. The summed E-state index contributed by atoms with van der Waals surface area (Å²) in [5.41, 5.74) is 1.39. The SMILES string of the molecule is CCN(CC)C(CNC(=NC)N1CCC(OCC2CCCCO2)CC1)c1ccsc1.I. The normalized spacial score (nSPS) is 21.7. The first-order valence-electron chi connectivity index (χ1n) is 11.7. The van der Waals surface area contributed by atoms with Crippen molar-refractivity contribution in [1.82, 2.24) is 15.1 Å². The first kappa shape index (κ1) is 26.8. The van der Waals surface area contributed by atoms with E-state index in [0.717, 1.165) is 71.2 Å². The van der Waals surface area contributed by atoms with Crippen molar-refractivity contribution in [3.05, 3.63) is 22.4 Å². The molecule has 2 atom stereocenters. The maximum Gasteiger partial charge on any atom is 0.193 e. The van der Waals surface area contributed by atoms with E-state index in [1.165, 1.54) is 18.4 Å². The van der Waals surface area contributed by atoms with Crippen molar-refractivity contribution in [3.8, 4) is 0 Å². The standard InChI is InChI=1S/C23H40N4O2S.HI/c1-4-26(5-2)22(19-11-15-30-18-19)16-25-23(24-3)27-12-9-20(10-13-27)29-17-21-8-6-7-14-28-21;/h11,15,18,20-22H,4-10,12-14,16-17H2,1-3H3,(H,24,25);1H. The molecule has 31 heavy (non-hydrogen) atoms. The number of halogens is 1. The van der Waals surface area contributed by atoms with Gasteiger partial charge in [-0.1, -0.05) is 13.8 Å². The van der Waals surface area contributed by atoms with Crippen LogP contribution in [0.4, 0.5) is 0 Å². The van der Waals surface area contributed by atoms with Crippen LogP contribution in [0.15, 0.2) is 21.8 Å². The summed E-state index contributed by atoms with van der Waals surface area (Å²) in [6.07, 6.45) is 6.37. The Bertz CT molecular complexity index is 613. The van der Waals surface area contributed by atoms with Gasteiger partial charge in [0.05, 0.1) is 24.9 Å². The van der Waals surface area contributed by atoms with Crippen LogP contribution in [0.2, 0.25) is 0 Å². The summed E-state index contributed by atoms with van der Waals surface area (Å²) in [5.74, 6) is 1.01. The summed E-state index contributed by atoms with van der Waals surface area (Å²) in [6.45, 7) is 11.1. The maximum absolute atomic E-state index is 6.17. The minimum Gasteiger partial charge on any atom is -0.376 e. The number of hydrogen-bond acceptors (Lipinski definition) is 5. The number of ether oxygens (including phenoxy) is 2. The molecule has 3 rings (SSSR count). The fourth-order valence-electron chi connectivity index (χ4n) is 4.52. The van der Waals surface area contributed by atoms with Crippen molar-refractivity contribution in [1.29, 1.82) is 0 Å². The van der Waals surface area contributed by atoms with Crippen molar-refractivity contribution < 1.29 is 9.47 Å². The number of nitrogens with zero attached hydrogens (tertiary/aromatic N) is 3. The summed E-state index contributed by atoms with van der Waals surface area (Å²) in [7, 11) is 1.89. The second-order valence-corrected chi connectivity index (χ2v) is 9.01. The highest BCUT2D eigenvalue weighted by Crippen LogP contribution is 2.23. The lowest BCUT2D eigenvalue weighted by Crippen LogP contribution is -2.49. The second kappa shape index (κ2) is 14.7. The maximum atomic E-state index is 6.17. The Balaban J connectivity index is 0.00000341. The van der Waals surface area contributed by atoms with Gasteiger partial charge in [0.15, 0.2) is 5.96 Å². The predicted molar refractivity (Wildman–Crippen MR) is 141 cm³/mol. The Labute approximate surface area is 209 Å². The average molecular weight is 565 g/mol. The Hall–Kier alpha value is -0.420. The number of nitrogens with one attached hydrogen (secondary N) is 1.